The van der Waals surface area contributed by atoms with Gasteiger partial charge in [0.05, 0.1) is 0 Å². The van der Waals surface area contributed by atoms with Gasteiger partial charge in [-0.05, 0) is 48.0 Å². The number of carbonyl (C=O) groups excluding carboxylic acids is 1. The molecule has 0 bridgehead atoms. The van der Waals surface area contributed by atoms with Gasteiger partial charge in [0.1, 0.15) is 34.6 Å². The number of hydrogen-bond acceptors (Lipinski definition) is 5. The summed E-state index contributed by atoms with van der Waals surface area (Å²) >= 11 is 0. The van der Waals surface area contributed by atoms with Crippen LogP contribution in [0.5, 0.6) is 23.0 Å². The summed E-state index contributed by atoms with van der Waals surface area (Å²) in [5, 5.41) is 11.4. The summed E-state index contributed by atoms with van der Waals surface area (Å²) in [4.78, 5) is 16.1. The van der Waals surface area contributed by atoms with E-state index in [1.807, 2.05) is 54.6 Å². The van der Waals surface area contributed by atoms with Crippen LogP contribution >= 0.6 is 0 Å². The van der Waals surface area contributed by atoms with Crippen LogP contribution in [-0.2, 0) is 4.79 Å². The smallest absolute Gasteiger partial charge is 0.265 e. The zero-order chi connectivity index (χ0) is 23.0. The molecule has 6 nitrogen and oxygen atoms in total. The molecule has 1 heterocycles. The van der Waals surface area contributed by atoms with Gasteiger partial charge in [-0.3, -0.25) is 9.78 Å². The number of pyridine rings is 1. The molecule has 0 saturated carbocycles. The van der Waals surface area contributed by atoms with Crippen molar-refractivity contribution in [2.75, 3.05) is 5.32 Å². The molecular formula is C27H19N3O3. The zero-order valence-corrected chi connectivity index (χ0v) is 17.6. The Labute approximate surface area is 191 Å². The van der Waals surface area contributed by atoms with E-state index in [0.29, 0.717) is 17.2 Å². The summed E-state index contributed by atoms with van der Waals surface area (Å²) in [5.74, 6) is 2.05. The van der Waals surface area contributed by atoms with Crippen LogP contribution in [0.15, 0.2) is 109 Å². The van der Waals surface area contributed by atoms with Crippen molar-refractivity contribution in [2.24, 2.45) is 0 Å². The number of rotatable bonds is 7. The molecule has 1 amide bonds. The second kappa shape index (κ2) is 9.94. The van der Waals surface area contributed by atoms with Crippen molar-refractivity contribution in [1.29, 1.82) is 5.26 Å². The Hall–Kier alpha value is -4.89. The average molecular weight is 433 g/mol. The normalized spacial score (nSPS) is 10.0. The lowest BCUT2D eigenvalue weighted by Gasteiger charge is -2.13. The number of benzene rings is 3. The lowest BCUT2D eigenvalue weighted by atomic mass is 10.1. The number of ether oxygens (including phenoxy) is 2. The number of para-hydroxylation sites is 1. The lowest BCUT2D eigenvalue weighted by molar-refractivity contribution is -0.112. The standard InChI is InChI=1S/C27H19N3O3/c1-19(17-28)27(31)30-21-6-5-9-24(16-21)33-26-14-15-29-18-25(26)20-10-12-23(13-11-20)32-22-7-3-2-4-8-22/h2-16,18H,1H2,(H,30,31). The van der Waals surface area contributed by atoms with Crippen molar-refractivity contribution < 1.29 is 14.3 Å². The molecular weight excluding hydrogens is 414 g/mol. The van der Waals surface area contributed by atoms with Gasteiger partial charge in [-0.1, -0.05) is 43.0 Å². The van der Waals surface area contributed by atoms with Gasteiger partial charge in [0.25, 0.3) is 5.91 Å². The number of hydrogen-bond donors (Lipinski definition) is 1. The third kappa shape index (κ3) is 5.43. The maximum atomic E-state index is 11.9. The molecule has 1 aromatic heterocycles. The Bertz CT molecular complexity index is 1330. The number of nitrogens with zero attached hydrogens (tertiary/aromatic N) is 2. The Morgan fingerprint density at radius 3 is 2.36 bits per heavy atom. The summed E-state index contributed by atoms with van der Waals surface area (Å²) in [5.41, 5.74) is 2.04. The predicted octanol–water partition coefficient (Wildman–Crippen LogP) is 6.35. The van der Waals surface area contributed by atoms with Crippen LogP contribution in [0.3, 0.4) is 0 Å². The summed E-state index contributed by atoms with van der Waals surface area (Å²) in [6.07, 6.45) is 3.37. The summed E-state index contributed by atoms with van der Waals surface area (Å²) in [6.45, 7) is 3.41. The van der Waals surface area contributed by atoms with Crippen LogP contribution in [0.4, 0.5) is 5.69 Å². The van der Waals surface area contributed by atoms with Gasteiger partial charge in [0.15, 0.2) is 0 Å². The average Bonchev–Trinajstić information content (AvgIpc) is 2.85. The van der Waals surface area contributed by atoms with E-state index < -0.39 is 5.91 Å². The largest absolute Gasteiger partial charge is 0.457 e. The van der Waals surface area contributed by atoms with E-state index >= 15 is 0 Å². The number of amides is 1. The monoisotopic (exact) mass is 433 g/mol. The molecule has 0 atom stereocenters. The van der Waals surface area contributed by atoms with E-state index in [9.17, 15) is 4.79 Å². The second-order valence-corrected chi connectivity index (χ2v) is 6.99. The molecule has 0 aliphatic rings. The van der Waals surface area contributed by atoms with E-state index in [-0.39, 0.29) is 5.57 Å². The second-order valence-electron chi connectivity index (χ2n) is 6.99. The molecule has 0 spiro atoms. The number of anilines is 1. The molecule has 160 valence electrons. The molecule has 0 unspecified atom stereocenters. The van der Waals surface area contributed by atoms with E-state index in [0.717, 1.165) is 22.6 Å². The van der Waals surface area contributed by atoms with Gasteiger partial charge in [0.2, 0.25) is 0 Å². The van der Waals surface area contributed by atoms with E-state index in [1.54, 1.807) is 48.8 Å². The van der Waals surface area contributed by atoms with Crippen LogP contribution in [0.25, 0.3) is 11.1 Å². The first-order valence-electron chi connectivity index (χ1n) is 10.1. The molecule has 6 heteroatoms. The van der Waals surface area contributed by atoms with E-state index in [4.69, 9.17) is 14.7 Å². The van der Waals surface area contributed by atoms with Gasteiger partial charge < -0.3 is 14.8 Å². The highest BCUT2D eigenvalue weighted by Gasteiger charge is 2.10. The van der Waals surface area contributed by atoms with Gasteiger partial charge in [0, 0.05) is 29.7 Å². The summed E-state index contributed by atoms with van der Waals surface area (Å²) in [6, 6.07) is 27.6. The maximum absolute atomic E-state index is 11.9. The maximum Gasteiger partial charge on any atom is 0.265 e. The molecule has 0 fully saturated rings. The Kier molecular flexibility index (Phi) is 6.43. The van der Waals surface area contributed by atoms with Gasteiger partial charge in [-0.2, -0.15) is 5.26 Å². The Balaban J connectivity index is 1.53. The first-order valence-corrected chi connectivity index (χ1v) is 10.1. The molecule has 4 aromatic rings. The minimum atomic E-state index is -0.558. The van der Waals surface area contributed by atoms with Crippen LogP contribution in [0.2, 0.25) is 0 Å². The molecule has 0 aliphatic heterocycles. The summed E-state index contributed by atoms with van der Waals surface area (Å²) < 4.78 is 11.9. The van der Waals surface area contributed by atoms with Crippen LogP contribution in [0.1, 0.15) is 0 Å². The van der Waals surface area contributed by atoms with Gasteiger partial charge in [-0.15, -0.1) is 0 Å². The number of nitrogens with one attached hydrogen (secondary N) is 1. The first kappa shape index (κ1) is 21.3. The Morgan fingerprint density at radius 1 is 0.879 bits per heavy atom. The Morgan fingerprint density at radius 2 is 1.61 bits per heavy atom. The van der Waals surface area contributed by atoms with Crippen molar-refractivity contribution in [3.05, 3.63) is 109 Å². The molecule has 33 heavy (non-hydrogen) atoms. The third-order valence-electron chi connectivity index (χ3n) is 4.65. The highest BCUT2D eigenvalue weighted by Crippen LogP contribution is 2.34. The minimum absolute atomic E-state index is 0.169. The van der Waals surface area contributed by atoms with Crippen LogP contribution < -0.4 is 14.8 Å². The van der Waals surface area contributed by atoms with Crippen molar-refractivity contribution in [1.82, 2.24) is 4.98 Å². The molecule has 0 radical (unpaired) electrons. The highest BCUT2D eigenvalue weighted by atomic mass is 16.5. The summed E-state index contributed by atoms with van der Waals surface area (Å²) in [7, 11) is 0. The topological polar surface area (TPSA) is 84.2 Å². The first-order chi connectivity index (χ1) is 16.1. The molecule has 3 aromatic carbocycles. The zero-order valence-electron chi connectivity index (χ0n) is 17.6. The van der Waals surface area contributed by atoms with E-state index in [2.05, 4.69) is 16.9 Å². The predicted molar refractivity (Wildman–Crippen MR) is 126 cm³/mol. The third-order valence-corrected chi connectivity index (χ3v) is 4.65. The number of carbonyl (C=O) groups is 1. The van der Waals surface area contributed by atoms with Crippen molar-refractivity contribution in [3.8, 4) is 40.2 Å². The fourth-order valence-electron chi connectivity index (χ4n) is 3.04. The number of nitriles is 1. The van der Waals surface area contributed by atoms with Crippen molar-refractivity contribution in [2.45, 2.75) is 0 Å². The van der Waals surface area contributed by atoms with Crippen molar-refractivity contribution >= 4 is 11.6 Å². The van der Waals surface area contributed by atoms with Crippen LogP contribution in [0, 0.1) is 11.3 Å². The van der Waals surface area contributed by atoms with Gasteiger partial charge >= 0.3 is 0 Å². The fourth-order valence-corrected chi connectivity index (χ4v) is 3.04. The lowest BCUT2D eigenvalue weighted by Crippen LogP contribution is -2.12. The van der Waals surface area contributed by atoms with Gasteiger partial charge in [-0.25, -0.2) is 0 Å². The van der Waals surface area contributed by atoms with Crippen molar-refractivity contribution in [3.63, 3.8) is 0 Å². The van der Waals surface area contributed by atoms with Crippen LogP contribution in [-0.4, -0.2) is 10.9 Å². The molecule has 1 N–H and O–H groups in total. The fraction of sp³-hybridized carbons (Fsp3) is 0. The molecule has 4 rings (SSSR count). The SMILES string of the molecule is C=C(C#N)C(=O)Nc1cccc(Oc2ccncc2-c2ccc(Oc3ccccc3)cc2)c1. The molecule has 0 saturated heterocycles. The molecule has 0 aliphatic carbocycles. The van der Waals surface area contributed by atoms with E-state index in [1.165, 1.54) is 0 Å². The number of aromatic nitrogens is 1. The highest BCUT2D eigenvalue weighted by molar-refractivity contribution is 6.06. The minimum Gasteiger partial charge on any atom is -0.457 e. The quantitative estimate of drug-likeness (QED) is 0.271.